The van der Waals surface area contributed by atoms with Crippen LogP contribution in [-0.4, -0.2) is 89.6 Å². The van der Waals surface area contributed by atoms with E-state index in [1.54, 1.807) is 0 Å². The molecular weight excluding hydrogens is 769 g/mol. The van der Waals surface area contributed by atoms with Crippen LogP contribution < -0.4 is 0 Å². The highest BCUT2D eigenvalue weighted by molar-refractivity contribution is 5.69. The summed E-state index contributed by atoms with van der Waals surface area (Å²) in [5.41, 5.74) is 0. The van der Waals surface area contributed by atoms with Gasteiger partial charge >= 0.3 is 5.97 Å². The predicted octanol–water partition coefficient (Wildman–Crippen LogP) is 12.8. The van der Waals surface area contributed by atoms with Gasteiger partial charge in [-0.2, -0.15) is 0 Å². The average Bonchev–Trinajstić information content (AvgIpc) is 3.26. The molecule has 1 aliphatic heterocycles. The Labute approximate surface area is 375 Å². The van der Waals surface area contributed by atoms with Gasteiger partial charge in [0, 0.05) is 13.0 Å². The molecule has 1 rings (SSSR count). The quantitative estimate of drug-likeness (QED) is 0.0268. The number of aliphatic hydroxyl groups is 4. The molecule has 0 aromatic heterocycles. The normalized spacial score (nSPS) is 19.9. The Morgan fingerprint density at radius 1 is 0.508 bits per heavy atom. The Hall–Kier alpha value is -1.07. The number of rotatable bonds is 46. The van der Waals surface area contributed by atoms with E-state index < -0.39 is 43.4 Å². The molecule has 1 heterocycles. The van der Waals surface area contributed by atoms with Crippen LogP contribution in [0.25, 0.3) is 0 Å². The second kappa shape index (κ2) is 44.1. The van der Waals surface area contributed by atoms with E-state index in [0.29, 0.717) is 13.0 Å². The highest BCUT2D eigenvalue weighted by Gasteiger charge is 2.44. The third kappa shape index (κ3) is 34.9. The van der Waals surface area contributed by atoms with Crippen molar-refractivity contribution in [2.75, 3.05) is 26.4 Å². The zero-order valence-corrected chi connectivity index (χ0v) is 39.9. The lowest BCUT2D eigenvalue weighted by Crippen LogP contribution is -2.59. The van der Waals surface area contributed by atoms with Crippen LogP contribution in [0.2, 0.25) is 0 Å². The van der Waals surface area contributed by atoms with E-state index in [2.05, 4.69) is 26.0 Å². The summed E-state index contributed by atoms with van der Waals surface area (Å²) in [5, 5.41) is 40.2. The summed E-state index contributed by atoms with van der Waals surface area (Å²) in [6.07, 6.45) is 43.9. The van der Waals surface area contributed by atoms with E-state index in [4.69, 9.17) is 18.9 Å². The van der Waals surface area contributed by atoms with Crippen molar-refractivity contribution in [2.45, 2.75) is 288 Å². The first kappa shape index (κ1) is 57.9. The maximum absolute atomic E-state index is 12.8. The predicted molar refractivity (Wildman–Crippen MR) is 252 cm³/mol. The molecule has 1 saturated heterocycles. The first-order valence-corrected chi connectivity index (χ1v) is 26.3. The van der Waals surface area contributed by atoms with Crippen molar-refractivity contribution >= 4 is 5.97 Å². The van der Waals surface area contributed by atoms with Crippen molar-refractivity contribution in [3.8, 4) is 0 Å². The van der Waals surface area contributed by atoms with Gasteiger partial charge in [-0.1, -0.05) is 219 Å². The Morgan fingerprint density at radius 2 is 0.902 bits per heavy atom. The van der Waals surface area contributed by atoms with Crippen LogP contribution in [0, 0.1) is 0 Å². The molecule has 6 atom stereocenters. The number of carbonyl (C=O) groups excluding carboxylic acids is 1. The summed E-state index contributed by atoms with van der Waals surface area (Å²) in [5.74, 6) is -0.309. The van der Waals surface area contributed by atoms with Gasteiger partial charge in [-0.3, -0.25) is 4.79 Å². The van der Waals surface area contributed by atoms with Gasteiger partial charge in [-0.15, -0.1) is 0 Å². The molecule has 0 radical (unpaired) electrons. The van der Waals surface area contributed by atoms with E-state index in [1.165, 1.54) is 199 Å². The van der Waals surface area contributed by atoms with Crippen LogP contribution in [0.15, 0.2) is 12.2 Å². The van der Waals surface area contributed by atoms with Crippen molar-refractivity contribution in [1.82, 2.24) is 0 Å². The lowest BCUT2D eigenvalue weighted by molar-refractivity contribution is -0.305. The molecular formula is C52H100O9. The Balaban J connectivity index is 2.18. The summed E-state index contributed by atoms with van der Waals surface area (Å²) in [6.45, 7) is 4.60. The molecule has 362 valence electrons. The minimum Gasteiger partial charge on any atom is -0.457 e. The first-order chi connectivity index (χ1) is 29.9. The SMILES string of the molecule is CCCCCCCCC/C=C\CCCCCCCCOCC(COC1OC(CO)C(O)C(O)C1O)OC(=O)CCCCCCCCCCCCCCCCCCCCCCC. The maximum Gasteiger partial charge on any atom is 0.306 e. The molecule has 0 spiro atoms. The van der Waals surface area contributed by atoms with Crippen LogP contribution in [0.4, 0.5) is 0 Å². The molecule has 61 heavy (non-hydrogen) atoms. The molecule has 0 amide bonds. The average molecular weight is 869 g/mol. The Kier molecular flexibility index (Phi) is 41.9. The number of hydrogen-bond acceptors (Lipinski definition) is 9. The van der Waals surface area contributed by atoms with Gasteiger partial charge in [0.25, 0.3) is 0 Å². The summed E-state index contributed by atoms with van der Waals surface area (Å²) >= 11 is 0. The van der Waals surface area contributed by atoms with Crippen molar-refractivity contribution in [2.24, 2.45) is 0 Å². The van der Waals surface area contributed by atoms with E-state index in [-0.39, 0.29) is 19.2 Å². The van der Waals surface area contributed by atoms with Crippen molar-refractivity contribution < 1.29 is 44.2 Å². The van der Waals surface area contributed by atoms with Gasteiger partial charge in [-0.05, 0) is 38.5 Å². The number of esters is 1. The topological polar surface area (TPSA) is 135 Å². The highest BCUT2D eigenvalue weighted by Crippen LogP contribution is 2.23. The van der Waals surface area contributed by atoms with Crippen LogP contribution in [0.3, 0.4) is 0 Å². The smallest absolute Gasteiger partial charge is 0.306 e. The van der Waals surface area contributed by atoms with Gasteiger partial charge in [-0.25, -0.2) is 0 Å². The minimum atomic E-state index is -1.53. The molecule has 4 N–H and O–H groups in total. The van der Waals surface area contributed by atoms with Crippen molar-refractivity contribution in [3.05, 3.63) is 12.2 Å². The molecule has 1 aliphatic rings. The third-order valence-electron chi connectivity index (χ3n) is 12.4. The zero-order chi connectivity index (χ0) is 44.3. The van der Waals surface area contributed by atoms with Crippen molar-refractivity contribution in [3.63, 3.8) is 0 Å². The second-order valence-corrected chi connectivity index (χ2v) is 18.3. The van der Waals surface area contributed by atoms with E-state index in [9.17, 15) is 25.2 Å². The van der Waals surface area contributed by atoms with E-state index >= 15 is 0 Å². The molecule has 0 saturated carbocycles. The molecule has 9 heteroatoms. The van der Waals surface area contributed by atoms with Gasteiger partial charge in [0.05, 0.1) is 19.8 Å². The molecule has 0 aromatic rings. The van der Waals surface area contributed by atoms with Crippen molar-refractivity contribution in [1.29, 1.82) is 0 Å². The number of hydrogen-bond donors (Lipinski definition) is 4. The minimum absolute atomic E-state index is 0.110. The fraction of sp³-hybridized carbons (Fsp3) is 0.942. The Morgan fingerprint density at radius 3 is 1.33 bits per heavy atom. The lowest BCUT2D eigenvalue weighted by atomic mass is 9.99. The number of ether oxygens (including phenoxy) is 4. The Bertz CT molecular complexity index is 946. The number of aliphatic hydroxyl groups excluding tert-OH is 4. The lowest BCUT2D eigenvalue weighted by Gasteiger charge is -2.39. The fourth-order valence-corrected chi connectivity index (χ4v) is 8.31. The number of unbranched alkanes of at least 4 members (excludes halogenated alkanes) is 33. The largest absolute Gasteiger partial charge is 0.457 e. The zero-order valence-electron chi connectivity index (χ0n) is 39.9. The summed E-state index contributed by atoms with van der Waals surface area (Å²) in [4.78, 5) is 12.8. The summed E-state index contributed by atoms with van der Waals surface area (Å²) in [7, 11) is 0. The molecule has 0 aliphatic carbocycles. The maximum atomic E-state index is 12.8. The van der Waals surface area contributed by atoms with E-state index in [1.807, 2.05) is 0 Å². The van der Waals surface area contributed by atoms with Gasteiger partial charge < -0.3 is 39.4 Å². The first-order valence-electron chi connectivity index (χ1n) is 26.3. The summed E-state index contributed by atoms with van der Waals surface area (Å²) < 4.78 is 22.9. The fourth-order valence-electron chi connectivity index (χ4n) is 8.31. The number of carbonyl (C=O) groups is 1. The van der Waals surface area contributed by atoms with Gasteiger partial charge in [0.15, 0.2) is 6.29 Å². The third-order valence-corrected chi connectivity index (χ3v) is 12.4. The van der Waals surface area contributed by atoms with E-state index in [0.717, 1.165) is 32.1 Å². The molecule has 0 aromatic carbocycles. The van der Waals surface area contributed by atoms with Gasteiger partial charge in [0.1, 0.15) is 30.5 Å². The molecule has 6 unspecified atom stereocenters. The molecule has 0 bridgehead atoms. The van der Waals surface area contributed by atoms with Crippen LogP contribution in [0.1, 0.15) is 251 Å². The monoisotopic (exact) mass is 869 g/mol. The second-order valence-electron chi connectivity index (χ2n) is 18.3. The van der Waals surface area contributed by atoms with Crippen LogP contribution >= 0.6 is 0 Å². The molecule has 1 fully saturated rings. The highest BCUT2D eigenvalue weighted by atomic mass is 16.7. The van der Waals surface area contributed by atoms with Gasteiger partial charge in [0.2, 0.25) is 0 Å². The van der Waals surface area contributed by atoms with Crippen LogP contribution in [0.5, 0.6) is 0 Å². The molecule has 9 nitrogen and oxygen atoms in total. The number of allylic oxidation sites excluding steroid dienone is 2. The summed E-state index contributed by atoms with van der Waals surface area (Å²) in [6, 6.07) is 0. The van der Waals surface area contributed by atoms with Crippen LogP contribution in [-0.2, 0) is 23.7 Å². The standard InChI is InChI=1S/C52H100O9/c1-3-5-7-9-11-13-15-17-19-21-22-23-24-25-27-29-31-33-35-37-39-41-48(54)60-46(45-59-52-51(57)50(56)49(55)47(43-53)61-52)44-58-42-40-38-36-34-32-30-28-26-20-18-16-14-12-10-8-6-4-2/h20,26,46-47,49-53,55-57H,3-19,21-25,27-45H2,1-2H3/b26-20-.